The molecule has 0 saturated carbocycles. The van der Waals surface area contributed by atoms with Gasteiger partial charge in [-0.25, -0.2) is 0 Å². The second kappa shape index (κ2) is 90.7. The summed E-state index contributed by atoms with van der Waals surface area (Å²) in [5.41, 5.74) is 0. The van der Waals surface area contributed by atoms with Crippen molar-refractivity contribution in [2.24, 2.45) is 0 Å². The van der Waals surface area contributed by atoms with Gasteiger partial charge in [0.25, 0.3) is 0 Å². The van der Waals surface area contributed by atoms with E-state index in [4.69, 9.17) is 9.90 Å². The minimum Gasteiger partial charge on any atom is -0.554 e. The molecule has 0 aromatic rings. The van der Waals surface area contributed by atoms with Crippen LogP contribution in [0, 0.1) is 0 Å². The predicted octanol–water partition coefficient (Wildman–Crippen LogP) is -3.29. The van der Waals surface area contributed by atoms with Crippen LogP contribution in [0.25, 0.3) is 0 Å². The van der Waals surface area contributed by atoms with E-state index in [9.17, 15) is 0 Å². The van der Waals surface area contributed by atoms with Gasteiger partial charge in [0.2, 0.25) is 0 Å². The number of carbonyl (C=O) groups excluding carboxylic acids is 1. The molecule has 0 radical (unpaired) electrons. The van der Waals surface area contributed by atoms with Crippen molar-refractivity contribution < 1.29 is 37.9 Å². The zero-order valence-corrected chi connectivity index (χ0v) is 3.64. The molecule has 0 aliphatic rings. The molecular formula is CH5CuO4. The molecule has 0 fully saturated rings. The monoisotopic (exact) mass is 144 g/mol. The van der Waals surface area contributed by atoms with Crippen LogP contribution in [-0.2, 0) is 21.9 Å². The number of hydrogen-bond acceptors (Lipinski definition) is 2. The third-order valence-electron chi connectivity index (χ3n) is 0. The van der Waals surface area contributed by atoms with E-state index in [-0.39, 0.29) is 28.0 Å². The second-order valence-corrected chi connectivity index (χ2v) is 0.0962. The van der Waals surface area contributed by atoms with Crippen molar-refractivity contribution in [1.82, 2.24) is 0 Å². The summed E-state index contributed by atoms with van der Waals surface area (Å²) in [6.07, 6.45) is 0. The van der Waals surface area contributed by atoms with E-state index >= 15 is 0 Å². The first-order chi connectivity index (χ1) is 1.41. The quantitative estimate of drug-likeness (QED) is 0.263. The van der Waals surface area contributed by atoms with Gasteiger partial charge in [-0.15, -0.1) is 0 Å². The summed E-state index contributed by atoms with van der Waals surface area (Å²) in [6.45, 7) is -0.500. The van der Waals surface area contributed by atoms with E-state index in [1.54, 1.807) is 0 Å². The standard InChI is InChI=1S/CH2O2.Cu.2H2O/c2-1-3;;;/h1H,(H,2,3);;2*1H2/q;+1;;/p-1. The largest absolute Gasteiger partial charge is 1.00 e. The molecule has 0 aliphatic carbocycles. The summed E-state index contributed by atoms with van der Waals surface area (Å²) in [5, 5.41) is 8.25. The van der Waals surface area contributed by atoms with Crippen LogP contribution in [0.4, 0.5) is 0 Å². The van der Waals surface area contributed by atoms with Crippen LogP contribution in [-0.4, -0.2) is 17.4 Å². The molecule has 0 bridgehead atoms. The Morgan fingerprint density at radius 3 is 1.33 bits per heavy atom. The van der Waals surface area contributed by atoms with Gasteiger partial charge in [-0.2, -0.15) is 0 Å². The molecule has 5 heteroatoms. The van der Waals surface area contributed by atoms with Crippen LogP contribution in [0.1, 0.15) is 0 Å². The third-order valence-corrected chi connectivity index (χ3v) is 0. The Morgan fingerprint density at radius 1 is 1.33 bits per heavy atom. The Morgan fingerprint density at radius 2 is 1.33 bits per heavy atom. The first-order valence-corrected chi connectivity index (χ1v) is 0.471. The van der Waals surface area contributed by atoms with E-state index in [2.05, 4.69) is 0 Å². The molecule has 0 aliphatic heterocycles. The van der Waals surface area contributed by atoms with Gasteiger partial charge in [0.05, 0.1) is 0 Å². The van der Waals surface area contributed by atoms with Crippen LogP contribution >= 0.6 is 0 Å². The van der Waals surface area contributed by atoms with Crippen LogP contribution in [0.5, 0.6) is 0 Å². The molecule has 0 aromatic heterocycles. The molecule has 44 valence electrons. The maximum atomic E-state index is 8.25. The Hall–Kier alpha value is -0.0905. The van der Waals surface area contributed by atoms with Crippen LogP contribution in [0.3, 0.4) is 0 Å². The molecule has 6 heavy (non-hydrogen) atoms. The molecule has 4 N–H and O–H groups in total. The van der Waals surface area contributed by atoms with E-state index < -0.39 is 6.47 Å². The number of carbonyl (C=O) groups is 1. The van der Waals surface area contributed by atoms with Gasteiger partial charge in [0, 0.05) is 6.47 Å². The zero-order chi connectivity index (χ0) is 2.71. The molecule has 0 unspecified atom stereocenters. The van der Waals surface area contributed by atoms with Crippen molar-refractivity contribution in [3.8, 4) is 0 Å². The fourth-order valence-electron chi connectivity index (χ4n) is 0. The van der Waals surface area contributed by atoms with Crippen LogP contribution in [0.2, 0.25) is 0 Å². The van der Waals surface area contributed by atoms with Crippen molar-refractivity contribution in [1.29, 1.82) is 0 Å². The normalized spacial score (nSPS) is 2.00. The summed E-state index contributed by atoms with van der Waals surface area (Å²) in [4.78, 5) is 8.25. The average molecular weight is 145 g/mol. The summed E-state index contributed by atoms with van der Waals surface area (Å²) >= 11 is 0. The number of carboxylic acid groups (broad SMARTS) is 1. The van der Waals surface area contributed by atoms with Crippen molar-refractivity contribution in [2.45, 2.75) is 0 Å². The second-order valence-electron chi connectivity index (χ2n) is 0.0962. The Bertz CT molecular complexity index is 15.0. The third kappa shape index (κ3) is 4040. The molecule has 0 amide bonds. The SMILES string of the molecule is O.O.O=C[O-].[Cu+]. The minimum absolute atomic E-state index is 0. The molecule has 0 heterocycles. The molecular weight excluding hydrogens is 140 g/mol. The molecule has 0 spiro atoms. The van der Waals surface area contributed by atoms with Crippen molar-refractivity contribution >= 4 is 6.47 Å². The topological polar surface area (TPSA) is 103 Å². The van der Waals surface area contributed by atoms with E-state index in [1.165, 1.54) is 0 Å². The van der Waals surface area contributed by atoms with Crippen molar-refractivity contribution in [3.05, 3.63) is 0 Å². The first-order valence-electron chi connectivity index (χ1n) is 0.471. The molecule has 0 atom stereocenters. The van der Waals surface area contributed by atoms with Gasteiger partial charge in [-0.05, 0) is 0 Å². The van der Waals surface area contributed by atoms with E-state index in [0.717, 1.165) is 0 Å². The van der Waals surface area contributed by atoms with Crippen molar-refractivity contribution in [2.75, 3.05) is 0 Å². The van der Waals surface area contributed by atoms with Gasteiger partial charge < -0.3 is 20.9 Å². The summed E-state index contributed by atoms with van der Waals surface area (Å²) < 4.78 is 0. The fraction of sp³-hybridized carbons (Fsp3) is 0. The zero-order valence-electron chi connectivity index (χ0n) is 2.70. The minimum atomic E-state index is -0.500. The Kier molecular flexibility index (Phi) is 591. The molecule has 4 nitrogen and oxygen atoms in total. The maximum absolute atomic E-state index is 8.25. The predicted molar refractivity (Wildman–Crippen MR) is 13.3 cm³/mol. The summed E-state index contributed by atoms with van der Waals surface area (Å²) in [6, 6.07) is 0. The number of rotatable bonds is 0. The molecule has 0 saturated heterocycles. The van der Waals surface area contributed by atoms with Gasteiger partial charge in [-0.3, -0.25) is 0 Å². The maximum Gasteiger partial charge on any atom is 1.00 e. The fourth-order valence-corrected chi connectivity index (χ4v) is 0. The smallest absolute Gasteiger partial charge is 0.554 e. The van der Waals surface area contributed by atoms with Gasteiger partial charge in [0.1, 0.15) is 0 Å². The average Bonchev–Trinajstić information content (AvgIpc) is 0.918. The summed E-state index contributed by atoms with van der Waals surface area (Å²) in [7, 11) is 0. The van der Waals surface area contributed by atoms with Gasteiger partial charge >= 0.3 is 17.1 Å². The molecule has 0 aromatic carbocycles. The van der Waals surface area contributed by atoms with Crippen LogP contribution < -0.4 is 5.11 Å². The van der Waals surface area contributed by atoms with E-state index in [0.29, 0.717) is 0 Å². The summed E-state index contributed by atoms with van der Waals surface area (Å²) in [5.74, 6) is 0. The molecule has 0 rings (SSSR count). The number of hydrogen-bond donors (Lipinski definition) is 0. The van der Waals surface area contributed by atoms with Gasteiger partial charge in [0.15, 0.2) is 0 Å². The van der Waals surface area contributed by atoms with Crippen molar-refractivity contribution in [3.63, 3.8) is 0 Å². The van der Waals surface area contributed by atoms with Gasteiger partial charge in [-0.1, -0.05) is 0 Å². The first kappa shape index (κ1) is 39.1. The van der Waals surface area contributed by atoms with Crippen LogP contribution in [0.15, 0.2) is 0 Å². The Labute approximate surface area is 45.3 Å². The van der Waals surface area contributed by atoms with E-state index in [1.807, 2.05) is 0 Å². The Balaban J connectivity index is -0.00000000667.